The number of benzene rings is 3. The van der Waals surface area contributed by atoms with Gasteiger partial charge in [-0.15, -0.1) is 0 Å². The van der Waals surface area contributed by atoms with Gasteiger partial charge in [-0.25, -0.2) is 0 Å². The summed E-state index contributed by atoms with van der Waals surface area (Å²) >= 11 is 5.91. The fourth-order valence-corrected chi connectivity index (χ4v) is 2.53. The zero-order valence-electron chi connectivity index (χ0n) is 13.6. The van der Waals surface area contributed by atoms with Gasteiger partial charge in [0.2, 0.25) is 0 Å². The lowest BCUT2D eigenvalue weighted by atomic mass is 10.0. The summed E-state index contributed by atoms with van der Waals surface area (Å²) in [5, 5.41) is 11.2. The van der Waals surface area contributed by atoms with E-state index in [9.17, 15) is 5.11 Å². The van der Waals surface area contributed by atoms with Gasteiger partial charge in [-0.2, -0.15) is 0 Å². The molecule has 2 heteroatoms. The number of hydrogen-bond acceptors (Lipinski definition) is 1. The van der Waals surface area contributed by atoms with Gasteiger partial charge < -0.3 is 5.11 Å². The monoisotopic (exact) mass is 344 g/mol. The first-order chi connectivity index (χ1) is 12.2. The Balaban J connectivity index is 1.96. The van der Waals surface area contributed by atoms with Crippen LogP contribution in [0.25, 0.3) is 5.57 Å². The molecule has 0 aromatic heterocycles. The van der Waals surface area contributed by atoms with Crippen molar-refractivity contribution in [2.75, 3.05) is 0 Å². The molecule has 0 radical (unpaired) electrons. The second kappa shape index (κ2) is 8.35. The Morgan fingerprint density at radius 3 is 2.08 bits per heavy atom. The Hall–Kier alpha value is -2.79. The molecule has 1 N–H and O–H groups in total. The fraction of sp³-hybridized carbons (Fsp3) is 0.0435. The molecule has 3 rings (SSSR count). The van der Waals surface area contributed by atoms with E-state index in [0.29, 0.717) is 5.02 Å². The molecule has 0 saturated heterocycles. The van der Waals surface area contributed by atoms with Crippen molar-refractivity contribution in [3.63, 3.8) is 0 Å². The lowest BCUT2D eigenvalue weighted by Crippen LogP contribution is -1.94. The van der Waals surface area contributed by atoms with E-state index < -0.39 is 6.10 Å². The highest BCUT2D eigenvalue weighted by atomic mass is 35.5. The Kier molecular flexibility index (Phi) is 5.69. The molecule has 1 unspecified atom stereocenters. The van der Waals surface area contributed by atoms with Gasteiger partial charge in [-0.1, -0.05) is 84.1 Å². The van der Waals surface area contributed by atoms with E-state index >= 15 is 0 Å². The van der Waals surface area contributed by atoms with Crippen molar-refractivity contribution < 1.29 is 5.11 Å². The molecule has 3 aromatic rings. The molecule has 0 fully saturated rings. The molecule has 0 aliphatic heterocycles. The maximum absolute atomic E-state index is 10.5. The van der Waals surface area contributed by atoms with E-state index in [-0.39, 0.29) is 0 Å². The number of aliphatic hydroxyl groups is 1. The van der Waals surface area contributed by atoms with E-state index in [1.54, 1.807) is 6.08 Å². The van der Waals surface area contributed by atoms with Crippen LogP contribution in [0.2, 0.25) is 5.02 Å². The molecule has 0 saturated carbocycles. The van der Waals surface area contributed by atoms with Crippen molar-refractivity contribution in [3.05, 3.63) is 113 Å². The third-order valence-corrected chi connectivity index (χ3v) is 3.99. The normalized spacial score (nSPS) is 12.2. The molecule has 0 aliphatic carbocycles. The molecular formula is C23H17ClO. The van der Waals surface area contributed by atoms with E-state index in [1.807, 2.05) is 84.9 Å². The average molecular weight is 345 g/mol. The highest BCUT2D eigenvalue weighted by Gasteiger charge is 2.06. The summed E-state index contributed by atoms with van der Waals surface area (Å²) in [6, 6.07) is 26.8. The van der Waals surface area contributed by atoms with Crippen LogP contribution in [0.15, 0.2) is 91.0 Å². The minimum atomic E-state index is -0.712. The average Bonchev–Trinajstić information content (AvgIpc) is 2.67. The van der Waals surface area contributed by atoms with E-state index in [0.717, 1.165) is 22.3 Å². The summed E-state index contributed by atoms with van der Waals surface area (Å²) in [5.74, 6) is 6.32. The van der Waals surface area contributed by atoms with Gasteiger partial charge in [0, 0.05) is 16.2 Å². The van der Waals surface area contributed by atoms with E-state index in [2.05, 4.69) is 11.8 Å². The molecule has 0 aliphatic rings. The quantitative estimate of drug-likeness (QED) is 0.621. The second-order valence-corrected chi connectivity index (χ2v) is 6.00. The van der Waals surface area contributed by atoms with Crippen LogP contribution in [0, 0.1) is 11.8 Å². The number of rotatable bonds is 3. The van der Waals surface area contributed by atoms with Crippen LogP contribution in [0.4, 0.5) is 0 Å². The van der Waals surface area contributed by atoms with E-state index in [4.69, 9.17) is 11.6 Å². The van der Waals surface area contributed by atoms with Crippen LogP contribution >= 0.6 is 11.6 Å². The number of allylic oxidation sites excluding steroid dienone is 1. The van der Waals surface area contributed by atoms with Crippen molar-refractivity contribution in [2.24, 2.45) is 0 Å². The minimum Gasteiger partial charge on any atom is -0.384 e. The summed E-state index contributed by atoms with van der Waals surface area (Å²) in [5.41, 5.74) is 3.47. The van der Waals surface area contributed by atoms with Gasteiger partial charge in [0.1, 0.15) is 0 Å². The predicted molar refractivity (Wildman–Crippen MR) is 104 cm³/mol. The molecule has 25 heavy (non-hydrogen) atoms. The maximum Gasteiger partial charge on any atom is 0.0986 e. The van der Waals surface area contributed by atoms with Crippen LogP contribution in [-0.2, 0) is 0 Å². The lowest BCUT2D eigenvalue weighted by Gasteiger charge is -2.08. The molecule has 0 heterocycles. The molecule has 0 amide bonds. The molecule has 0 spiro atoms. The summed E-state index contributed by atoms with van der Waals surface area (Å²) in [6.07, 6.45) is 1.07. The smallest absolute Gasteiger partial charge is 0.0986 e. The van der Waals surface area contributed by atoms with Gasteiger partial charge in [0.15, 0.2) is 0 Å². The fourth-order valence-electron chi connectivity index (χ4n) is 2.40. The first-order valence-corrected chi connectivity index (χ1v) is 8.38. The van der Waals surface area contributed by atoms with Crippen LogP contribution in [-0.4, -0.2) is 5.11 Å². The van der Waals surface area contributed by atoms with Gasteiger partial charge in [-0.3, -0.25) is 0 Å². The van der Waals surface area contributed by atoms with Crippen LogP contribution < -0.4 is 0 Å². The highest BCUT2D eigenvalue weighted by molar-refractivity contribution is 6.30. The van der Waals surface area contributed by atoms with Crippen molar-refractivity contribution in [1.82, 2.24) is 0 Å². The van der Waals surface area contributed by atoms with Crippen molar-refractivity contribution in [1.29, 1.82) is 0 Å². The number of hydrogen-bond donors (Lipinski definition) is 1. The predicted octanol–water partition coefficient (Wildman–Crippen LogP) is 5.51. The zero-order valence-corrected chi connectivity index (χ0v) is 14.3. The zero-order chi connectivity index (χ0) is 17.5. The SMILES string of the molecule is OC(/C=C(\C#Cc1ccc(Cl)cc1)c1ccccc1)c1ccccc1. The molecule has 122 valence electrons. The first-order valence-electron chi connectivity index (χ1n) is 8.00. The van der Waals surface area contributed by atoms with Gasteiger partial charge in [0.05, 0.1) is 6.10 Å². The Morgan fingerprint density at radius 2 is 1.44 bits per heavy atom. The maximum atomic E-state index is 10.5. The summed E-state index contributed by atoms with van der Waals surface area (Å²) in [7, 11) is 0. The third kappa shape index (κ3) is 4.84. The second-order valence-electron chi connectivity index (χ2n) is 5.56. The molecule has 3 aromatic carbocycles. The van der Waals surface area contributed by atoms with Crippen molar-refractivity contribution in [2.45, 2.75) is 6.10 Å². The topological polar surface area (TPSA) is 20.2 Å². The van der Waals surface area contributed by atoms with Crippen molar-refractivity contribution in [3.8, 4) is 11.8 Å². The van der Waals surface area contributed by atoms with Crippen molar-refractivity contribution >= 4 is 17.2 Å². The molecule has 1 atom stereocenters. The van der Waals surface area contributed by atoms with Crippen LogP contribution in [0.1, 0.15) is 22.8 Å². The van der Waals surface area contributed by atoms with Crippen LogP contribution in [0.3, 0.4) is 0 Å². The molecular weight excluding hydrogens is 328 g/mol. The largest absolute Gasteiger partial charge is 0.384 e. The Bertz CT molecular complexity index is 901. The third-order valence-electron chi connectivity index (χ3n) is 3.74. The molecule has 1 nitrogen and oxygen atoms in total. The Labute approximate surface area is 153 Å². The first kappa shape index (κ1) is 17.0. The number of halogens is 1. The van der Waals surface area contributed by atoms with Gasteiger partial charge >= 0.3 is 0 Å². The number of aliphatic hydroxyl groups excluding tert-OH is 1. The summed E-state index contributed by atoms with van der Waals surface area (Å²) in [6.45, 7) is 0. The summed E-state index contributed by atoms with van der Waals surface area (Å²) < 4.78 is 0. The highest BCUT2D eigenvalue weighted by Crippen LogP contribution is 2.21. The minimum absolute atomic E-state index is 0.684. The Morgan fingerprint density at radius 1 is 0.840 bits per heavy atom. The standard InChI is InChI=1S/C23H17ClO/c24-22-15-12-18(13-16-22)11-14-21(19-7-3-1-4-8-19)17-23(25)20-9-5-2-6-10-20/h1-10,12-13,15-17,23,25H/b21-17+. The van der Waals surface area contributed by atoms with Crippen LogP contribution in [0.5, 0.6) is 0 Å². The van der Waals surface area contributed by atoms with E-state index in [1.165, 1.54) is 0 Å². The molecule has 0 bridgehead atoms. The summed E-state index contributed by atoms with van der Waals surface area (Å²) in [4.78, 5) is 0. The van der Waals surface area contributed by atoms with Gasteiger partial charge in [0.25, 0.3) is 0 Å². The lowest BCUT2D eigenvalue weighted by molar-refractivity contribution is 0.229. The van der Waals surface area contributed by atoms with Gasteiger partial charge in [-0.05, 0) is 41.5 Å².